The molecule has 0 spiro atoms. The Labute approximate surface area is 150 Å². The first kappa shape index (κ1) is 19.1. The number of nitrogens with zero attached hydrogens (tertiary/aromatic N) is 2. The van der Waals surface area contributed by atoms with Crippen LogP contribution >= 0.6 is 0 Å². The molecule has 2 aromatic rings. The highest BCUT2D eigenvalue weighted by Gasteiger charge is 2.28. The van der Waals surface area contributed by atoms with Gasteiger partial charge in [-0.1, -0.05) is 63.5 Å². The lowest BCUT2D eigenvalue weighted by Gasteiger charge is -2.32. The van der Waals surface area contributed by atoms with Gasteiger partial charge in [0.15, 0.2) is 0 Å². The molecule has 0 radical (unpaired) electrons. The Morgan fingerprint density at radius 2 is 0.917 bits per heavy atom. The number of hydrogen-bond acceptors (Lipinski definition) is 2. The van der Waals surface area contributed by atoms with Crippen molar-refractivity contribution >= 4 is 48.7 Å². The van der Waals surface area contributed by atoms with Crippen LogP contribution in [0, 0.1) is 0 Å². The lowest BCUT2D eigenvalue weighted by molar-refractivity contribution is 1.13. The van der Waals surface area contributed by atoms with E-state index in [2.05, 4.69) is 102 Å². The Morgan fingerprint density at radius 1 is 0.583 bits per heavy atom. The highest BCUT2D eigenvalue weighted by atomic mass is 28.3. The molecule has 2 nitrogen and oxygen atoms in total. The van der Waals surface area contributed by atoms with E-state index in [1.165, 1.54) is 22.1 Å². The smallest absolute Gasteiger partial charge is 0.0803 e. The molecule has 0 heterocycles. The molecule has 0 atom stereocenters. The summed E-state index contributed by atoms with van der Waals surface area (Å²) in [6.07, 6.45) is 0. The van der Waals surface area contributed by atoms with Crippen molar-refractivity contribution in [2.75, 3.05) is 38.0 Å². The predicted molar refractivity (Wildman–Crippen MR) is 119 cm³/mol. The van der Waals surface area contributed by atoms with E-state index < -0.39 is 16.1 Å². The maximum Gasteiger partial charge on any atom is 0.0803 e. The predicted octanol–water partition coefficient (Wildman–Crippen LogP) is 4.06. The van der Waals surface area contributed by atoms with Crippen molar-refractivity contribution < 1.29 is 0 Å². The molecule has 2 aromatic carbocycles. The fraction of sp³-hybridized carbons (Fsp3) is 0.500. The Morgan fingerprint density at radius 3 is 1.17 bits per heavy atom. The van der Waals surface area contributed by atoms with Crippen molar-refractivity contribution in [2.45, 2.75) is 39.3 Å². The monoisotopic (exact) mass is 358 g/mol. The third-order valence-electron chi connectivity index (χ3n) is 4.64. The number of fused-ring (bicyclic) bond motifs is 1. The summed E-state index contributed by atoms with van der Waals surface area (Å²) in [6.45, 7) is 14.7. The summed E-state index contributed by atoms with van der Waals surface area (Å²) in [5, 5.41) is 5.89. The second-order valence-electron chi connectivity index (χ2n) is 9.31. The first-order chi connectivity index (χ1) is 10.9. The highest BCUT2D eigenvalue weighted by Crippen LogP contribution is 2.34. The van der Waals surface area contributed by atoms with Crippen molar-refractivity contribution in [3.63, 3.8) is 0 Å². The van der Waals surface area contributed by atoms with Gasteiger partial charge in [0.25, 0.3) is 0 Å². The summed E-state index contributed by atoms with van der Waals surface area (Å²) in [7, 11) is 5.92. The average Bonchev–Trinajstić information content (AvgIpc) is 2.42. The molecule has 0 amide bonds. The fourth-order valence-electron chi connectivity index (χ4n) is 3.52. The van der Waals surface area contributed by atoms with Gasteiger partial charge in [0.2, 0.25) is 0 Å². The van der Waals surface area contributed by atoms with Crippen LogP contribution in [0.2, 0.25) is 39.3 Å². The molecule has 4 heteroatoms. The van der Waals surface area contributed by atoms with Crippen molar-refractivity contribution in [1.82, 2.24) is 0 Å². The second kappa shape index (κ2) is 6.23. The van der Waals surface area contributed by atoms with Gasteiger partial charge >= 0.3 is 0 Å². The van der Waals surface area contributed by atoms with Gasteiger partial charge in [-0.15, -0.1) is 0 Å². The maximum absolute atomic E-state index is 2.44. The molecule has 24 heavy (non-hydrogen) atoms. The van der Waals surface area contributed by atoms with Crippen LogP contribution in [0.3, 0.4) is 0 Å². The van der Waals surface area contributed by atoms with E-state index in [-0.39, 0.29) is 0 Å². The maximum atomic E-state index is 2.44. The summed E-state index contributed by atoms with van der Waals surface area (Å²) in [4.78, 5) is 4.66. The van der Waals surface area contributed by atoms with E-state index in [1.807, 2.05) is 0 Å². The first-order valence-electron chi connectivity index (χ1n) is 8.81. The minimum atomic E-state index is -1.43. The van der Waals surface area contributed by atoms with E-state index in [0.717, 1.165) is 0 Å². The van der Waals surface area contributed by atoms with E-state index >= 15 is 0 Å². The Bertz CT molecular complexity index is 690. The van der Waals surface area contributed by atoms with E-state index in [4.69, 9.17) is 0 Å². The van der Waals surface area contributed by atoms with Crippen molar-refractivity contribution in [3.8, 4) is 0 Å². The van der Waals surface area contributed by atoms with Gasteiger partial charge in [-0.2, -0.15) is 0 Å². The molecule has 0 saturated heterocycles. The molecule has 0 aliphatic heterocycles. The largest absolute Gasteiger partial charge is 0.377 e. The second-order valence-corrected chi connectivity index (χ2v) is 19.4. The average molecular weight is 359 g/mol. The molecule has 0 saturated carbocycles. The topological polar surface area (TPSA) is 6.48 Å². The Balaban J connectivity index is 3.07. The van der Waals surface area contributed by atoms with Crippen molar-refractivity contribution in [1.29, 1.82) is 0 Å². The Kier molecular flexibility index (Phi) is 4.95. The number of benzene rings is 2. The quantitative estimate of drug-likeness (QED) is 0.760. The Hall–Kier alpha value is -1.27. The van der Waals surface area contributed by atoms with Gasteiger partial charge in [-0.3, -0.25) is 0 Å². The van der Waals surface area contributed by atoms with Gasteiger partial charge in [0.1, 0.15) is 0 Å². The lowest BCUT2D eigenvalue weighted by atomic mass is 10.1. The summed E-state index contributed by atoms with van der Waals surface area (Å²) < 4.78 is 0. The zero-order chi connectivity index (χ0) is 18.4. The molecule has 2 rings (SSSR count). The number of anilines is 2. The van der Waals surface area contributed by atoms with Gasteiger partial charge in [0, 0.05) is 45.0 Å². The third-order valence-corrected chi connectivity index (χ3v) is 8.68. The summed E-state index contributed by atoms with van der Waals surface area (Å²) in [5.74, 6) is 0. The van der Waals surface area contributed by atoms with Gasteiger partial charge in [-0.05, 0) is 15.8 Å². The zero-order valence-electron chi connectivity index (χ0n) is 17.2. The van der Waals surface area contributed by atoms with Crippen molar-refractivity contribution in [2.24, 2.45) is 0 Å². The van der Waals surface area contributed by atoms with Gasteiger partial charge < -0.3 is 9.80 Å². The van der Waals surface area contributed by atoms with Crippen molar-refractivity contribution in [3.05, 3.63) is 24.3 Å². The van der Waals surface area contributed by atoms with Crippen LogP contribution < -0.4 is 20.2 Å². The fourth-order valence-corrected chi connectivity index (χ4v) is 6.81. The normalized spacial score (nSPS) is 12.6. The molecule has 132 valence electrons. The third kappa shape index (κ3) is 3.40. The van der Waals surface area contributed by atoms with Crippen LogP contribution in [0.1, 0.15) is 0 Å². The standard InChI is InChI=1S/C20H34N2Si2/c1-21(2)19-16(23(5,6)7)13-11-15-12-14-17(24(8,9)10)20(18(15)19)22(3)4/h11-14H,1-10H3. The lowest BCUT2D eigenvalue weighted by Crippen LogP contribution is -2.43. The van der Waals surface area contributed by atoms with E-state index in [9.17, 15) is 0 Å². The van der Waals surface area contributed by atoms with Crippen LogP contribution in [0.4, 0.5) is 11.4 Å². The molecule has 0 fully saturated rings. The molecule has 0 N–H and O–H groups in total. The molecule has 0 unspecified atom stereocenters. The highest BCUT2D eigenvalue weighted by molar-refractivity contribution is 6.91. The van der Waals surface area contributed by atoms with Gasteiger partial charge in [-0.25, -0.2) is 0 Å². The van der Waals surface area contributed by atoms with Crippen LogP contribution in [-0.2, 0) is 0 Å². The van der Waals surface area contributed by atoms with Crippen LogP contribution in [0.25, 0.3) is 10.8 Å². The molecule has 0 bridgehead atoms. The molecule has 0 aromatic heterocycles. The summed E-state index contributed by atoms with van der Waals surface area (Å²) in [6, 6.07) is 9.41. The number of hydrogen-bond donors (Lipinski definition) is 0. The number of rotatable bonds is 4. The SMILES string of the molecule is CN(C)c1c([Si](C)(C)C)ccc2ccc([Si](C)(C)C)c(N(C)C)c12. The summed E-state index contributed by atoms with van der Waals surface area (Å²) in [5.41, 5.74) is 2.85. The van der Waals surface area contributed by atoms with Crippen LogP contribution in [0.15, 0.2) is 24.3 Å². The molecule has 0 aliphatic rings. The van der Waals surface area contributed by atoms with Crippen LogP contribution in [-0.4, -0.2) is 44.3 Å². The van der Waals surface area contributed by atoms with Crippen LogP contribution in [0.5, 0.6) is 0 Å². The minimum absolute atomic E-state index is 1.35. The van der Waals surface area contributed by atoms with Gasteiger partial charge in [0.05, 0.1) is 16.1 Å². The molecular formula is C20H34N2Si2. The zero-order valence-corrected chi connectivity index (χ0v) is 19.2. The molecular weight excluding hydrogens is 324 g/mol. The molecule has 0 aliphatic carbocycles. The minimum Gasteiger partial charge on any atom is -0.377 e. The van der Waals surface area contributed by atoms with E-state index in [0.29, 0.717) is 0 Å². The first-order valence-corrected chi connectivity index (χ1v) is 15.8. The summed E-state index contributed by atoms with van der Waals surface area (Å²) >= 11 is 0. The van der Waals surface area contributed by atoms with E-state index in [1.54, 1.807) is 10.4 Å².